The number of guanidine groups is 1. The third kappa shape index (κ3) is 6.02. The number of unbranched alkanes of at least 4 members (excludes halogenated alkanes) is 3. The van der Waals surface area contributed by atoms with Gasteiger partial charge in [-0.1, -0.05) is 85.6 Å². The highest BCUT2D eigenvalue weighted by Gasteiger charge is 2.39. The van der Waals surface area contributed by atoms with E-state index in [-0.39, 0.29) is 24.5 Å². The molecule has 1 atom stereocenters. The van der Waals surface area contributed by atoms with Crippen LogP contribution in [0.4, 0.5) is 5.69 Å². The van der Waals surface area contributed by atoms with Crippen LogP contribution in [0.5, 0.6) is 5.75 Å². The van der Waals surface area contributed by atoms with Gasteiger partial charge in [0.2, 0.25) is 11.9 Å². The van der Waals surface area contributed by atoms with Gasteiger partial charge >= 0.3 is 0 Å². The molecule has 3 aromatic rings. The molecule has 0 bridgehead atoms. The van der Waals surface area contributed by atoms with Gasteiger partial charge in [-0.3, -0.25) is 14.9 Å². The average molecular weight is 541 g/mol. The molecule has 5 rings (SSSR count). The minimum Gasteiger partial charge on any atom is -0.491 e. The Labute approximate surface area is 235 Å². The average Bonchev–Trinajstić information content (AvgIpc) is 3.30. The Hall–Kier alpha value is -4.17. The van der Waals surface area contributed by atoms with Crippen LogP contribution in [0.2, 0.25) is 0 Å². The predicted molar refractivity (Wildman–Crippen MR) is 154 cm³/mol. The molecule has 2 aliphatic heterocycles. The van der Waals surface area contributed by atoms with Crippen LogP contribution in [0.15, 0.2) is 83.9 Å². The van der Waals surface area contributed by atoms with Crippen LogP contribution in [0.1, 0.15) is 54.8 Å². The molecule has 0 aromatic heterocycles. The number of carbonyl (C=O) groups is 2. The first-order chi connectivity index (χ1) is 19.6. The largest absolute Gasteiger partial charge is 0.491 e. The van der Waals surface area contributed by atoms with Crippen LogP contribution in [-0.4, -0.2) is 59.0 Å². The number of para-hydroxylation sites is 1. The van der Waals surface area contributed by atoms with Gasteiger partial charge in [0.25, 0.3) is 5.91 Å². The summed E-state index contributed by atoms with van der Waals surface area (Å²) >= 11 is 0. The third-order valence-corrected chi connectivity index (χ3v) is 7.55. The number of nitrogens with zero attached hydrogens (tertiary/aromatic N) is 3. The van der Waals surface area contributed by atoms with Crippen LogP contribution in [0.25, 0.3) is 0 Å². The van der Waals surface area contributed by atoms with Crippen molar-refractivity contribution in [3.05, 3.63) is 95.6 Å². The van der Waals surface area contributed by atoms with Crippen molar-refractivity contribution in [3.63, 3.8) is 0 Å². The van der Waals surface area contributed by atoms with Gasteiger partial charge in [0.05, 0.1) is 19.3 Å². The lowest BCUT2D eigenvalue weighted by molar-refractivity contribution is -0.131. The number of aliphatic imine (C=N–C) groups is 1. The van der Waals surface area contributed by atoms with Crippen molar-refractivity contribution < 1.29 is 19.4 Å². The van der Waals surface area contributed by atoms with Crippen LogP contribution < -0.4 is 10.1 Å². The monoisotopic (exact) mass is 540 g/mol. The van der Waals surface area contributed by atoms with E-state index in [0.29, 0.717) is 31.3 Å². The van der Waals surface area contributed by atoms with Gasteiger partial charge in [0.15, 0.2) is 0 Å². The molecule has 8 heteroatoms. The first-order valence-electron chi connectivity index (χ1n) is 13.9. The summed E-state index contributed by atoms with van der Waals surface area (Å²) in [6.07, 6.45) is 4.12. The molecule has 40 heavy (non-hydrogen) atoms. The molecule has 0 spiro atoms. The van der Waals surface area contributed by atoms with Crippen molar-refractivity contribution in [2.45, 2.75) is 50.7 Å². The maximum Gasteiger partial charge on any atom is 0.251 e. The molecule has 2 heterocycles. The zero-order valence-corrected chi connectivity index (χ0v) is 22.8. The smallest absolute Gasteiger partial charge is 0.251 e. The fourth-order valence-corrected chi connectivity index (χ4v) is 5.39. The molecular weight excluding hydrogens is 504 g/mol. The van der Waals surface area contributed by atoms with Crippen molar-refractivity contribution in [1.82, 2.24) is 15.1 Å². The molecule has 0 aliphatic carbocycles. The van der Waals surface area contributed by atoms with E-state index in [2.05, 4.69) is 34.6 Å². The second kappa shape index (κ2) is 12.8. The van der Waals surface area contributed by atoms with Crippen molar-refractivity contribution in [2.24, 2.45) is 4.99 Å². The number of ether oxygens (including phenoxy) is 1. The molecule has 1 unspecified atom stereocenters. The lowest BCUT2D eigenvalue weighted by atomic mass is 9.97. The van der Waals surface area contributed by atoms with Gasteiger partial charge in [-0.2, -0.15) is 0 Å². The Bertz CT molecular complexity index is 1310. The van der Waals surface area contributed by atoms with Crippen LogP contribution in [0, 0.1) is 0 Å². The van der Waals surface area contributed by atoms with Crippen molar-refractivity contribution in [2.75, 3.05) is 20.3 Å². The number of amides is 2. The number of rotatable bonds is 12. The van der Waals surface area contributed by atoms with Crippen molar-refractivity contribution in [1.29, 1.82) is 0 Å². The number of aliphatic hydroxyl groups is 1. The minimum atomic E-state index is -0.606. The highest BCUT2D eigenvalue weighted by Crippen LogP contribution is 2.37. The van der Waals surface area contributed by atoms with E-state index in [9.17, 15) is 14.7 Å². The number of benzene rings is 3. The van der Waals surface area contributed by atoms with Crippen molar-refractivity contribution >= 4 is 23.5 Å². The molecule has 0 radical (unpaired) electrons. The van der Waals surface area contributed by atoms with Gasteiger partial charge in [-0.15, -0.1) is 0 Å². The van der Waals surface area contributed by atoms with Crippen LogP contribution in [0.3, 0.4) is 0 Å². The number of fused-ring (bicyclic) bond motifs is 2. The van der Waals surface area contributed by atoms with E-state index < -0.39 is 6.04 Å². The molecule has 0 saturated carbocycles. The number of hydrogen-bond donors (Lipinski definition) is 2. The standard InChI is InChI=1S/C32H36N4O4/c1-35(30(23-13-6-4-7-14-23)24-15-8-5-9-16-24)28(38)19-10-2-3-11-20-40-27-18-12-17-25-21-36-26(22-37)31(39)34-32(36)33-29(25)27/h4-9,12-18,26,30,37H,2-3,10-11,19-22H2,1H3,(H,33,34,39). The molecule has 1 saturated heterocycles. The van der Waals surface area contributed by atoms with Gasteiger partial charge < -0.3 is 19.6 Å². The van der Waals surface area contributed by atoms with Gasteiger partial charge in [-0.05, 0) is 30.0 Å². The molecule has 1 fully saturated rings. The van der Waals surface area contributed by atoms with E-state index in [4.69, 9.17) is 4.74 Å². The highest BCUT2D eigenvalue weighted by molar-refractivity contribution is 6.08. The van der Waals surface area contributed by atoms with E-state index >= 15 is 0 Å². The lowest BCUT2D eigenvalue weighted by Crippen LogP contribution is -2.39. The summed E-state index contributed by atoms with van der Waals surface area (Å²) in [6.45, 7) is 0.792. The van der Waals surface area contributed by atoms with Gasteiger partial charge in [0.1, 0.15) is 17.5 Å². The highest BCUT2D eigenvalue weighted by atomic mass is 16.5. The summed E-state index contributed by atoms with van der Waals surface area (Å²) in [5, 5.41) is 12.3. The predicted octanol–water partition coefficient (Wildman–Crippen LogP) is 4.56. The van der Waals surface area contributed by atoms with E-state index in [0.717, 1.165) is 48.1 Å². The first kappa shape index (κ1) is 27.4. The Kier molecular flexibility index (Phi) is 8.76. The molecule has 2 aliphatic rings. The van der Waals surface area contributed by atoms with E-state index in [1.807, 2.05) is 66.5 Å². The maximum absolute atomic E-state index is 13.1. The molecule has 2 N–H and O–H groups in total. The SMILES string of the molecule is CN(C(=O)CCCCCCOc1cccc2c1N=C1NC(=O)C(CO)N1C2)C(c1ccccc1)c1ccccc1. The maximum atomic E-state index is 13.1. The summed E-state index contributed by atoms with van der Waals surface area (Å²) in [5.41, 5.74) is 3.90. The Morgan fingerprint density at radius 1 is 1.00 bits per heavy atom. The van der Waals surface area contributed by atoms with Gasteiger partial charge in [-0.25, -0.2) is 4.99 Å². The molecule has 2 amide bonds. The molecule has 8 nitrogen and oxygen atoms in total. The zero-order valence-electron chi connectivity index (χ0n) is 22.8. The fraction of sp³-hybridized carbons (Fsp3) is 0.344. The normalized spacial score (nSPS) is 15.8. The van der Waals surface area contributed by atoms with Gasteiger partial charge in [0, 0.05) is 25.6 Å². The van der Waals surface area contributed by atoms with Crippen LogP contribution in [-0.2, 0) is 16.1 Å². The third-order valence-electron chi connectivity index (χ3n) is 7.55. The fourth-order valence-electron chi connectivity index (χ4n) is 5.39. The molecule has 208 valence electrons. The number of hydrogen-bond acceptors (Lipinski definition) is 6. The summed E-state index contributed by atoms with van der Waals surface area (Å²) in [5.74, 6) is 1.05. The van der Waals surface area contributed by atoms with Crippen molar-refractivity contribution in [3.8, 4) is 5.75 Å². The number of aliphatic hydroxyl groups excluding tert-OH is 1. The summed E-state index contributed by atoms with van der Waals surface area (Å²) < 4.78 is 6.07. The Morgan fingerprint density at radius 3 is 2.35 bits per heavy atom. The second-order valence-corrected chi connectivity index (χ2v) is 10.3. The Balaban J connectivity index is 1.08. The summed E-state index contributed by atoms with van der Waals surface area (Å²) in [4.78, 5) is 33.5. The Morgan fingerprint density at radius 2 is 1.68 bits per heavy atom. The summed E-state index contributed by atoms with van der Waals surface area (Å²) in [7, 11) is 1.89. The second-order valence-electron chi connectivity index (χ2n) is 10.3. The zero-order chi connectivity index (χ0) is 27.9. The van der Waals surface area contributed by atoms with Crippen LogP contribution >= 0.6 is 0 Å². The topological polar surface area (TPSA) is 94.5 Å². The molecular formula is C32H36N4O4. The summed E-state index contributed by atoms with van der Waals surface area (Å²) in [6, 6.07) is 25.4. The van der Waals surface area contributed by atoms with E-state index in [1.165, 1.54) is 0 Å². The molecule has 3 aromatic carbocycles. The van der Waals surface area contributed by atoms with E-state index in [1.54, 1.807) is 4.90 Å². The number of carbonyl (C=O) groups excluding carboxylic acids is 2. The minimum absolute atomic E-state index is 0.108. The number of nitrogens with one attached hydrogen (secondary N) is 1. The first-order valence-corrected chi connectivity index (χ1v) is 13.9. The quantitative estimate of drug-likeness (QED) is 0.329. The lowest BCUT2D eigenvalue weighted by Gasteiger charge is -2.29.